The minimum absolute atomic E-state index is 0.663. The zero-order chi connectivity index (χ0) is 6.53. The Morgan fingerprint density at radius 2 is 2.33 bits per heavy atom. The Balaban J connectivity index is 1.80. The molecule has 1 unspecified atom stereocenters. The van der Waals surface area contributed by atoms with Gasteiger partial charge in [0.25, 0.3) is 0 Å². The van der Waals surface area contributed by atoms with E-state index in [-0.39, 0.29) is 0 Å². The van der Waals surface area contributed by atoms with Gasteiger partial charge in [-0.3, -0.25) is 4.84 Å². The van der Waals surface area contributed by atoms with Crippen LogP contribution in [-0.4, -0.2) is 12.6 Å². The first-order valence-electron chi connectivity index (χ1n) is 3.81. The molecule has 0 saturated carbocycles. The molecule has 0 spiro atoms. The van der Waals surface area contributed by atoms with Gasteiger partial charge in [0.2, 0.25) is 0 Å². The van der Waals surface area contributed by atoms with Crippen molar-refractivity contribution in [3.05, 3.63) is 0 Å². The molecule has 1 rings (SSSR count). The van der Waals surface area contributed by atoms with E-state index >= 15 is 0 Å². The Bertz CT molecular complexity index is 71.3. The molecule has 1 aliphatic rings. The quantitative estimate of drug-likeness (QED) is 0.580. The third-order valence-corrected chi connectivity index (χ3v) is 1.69. The van der Waals surface area contributed by atoms with Gasteiger partial charge < -0.3 is 0 Å². The fraction of sp³-hybridized carbons (Fsp3) is 1.00. The number of rotatable bonds is 4. The SMILES string of the molecule is CCCCCC1CON1. The van der Waals surface area contributed by atoms with Crippen LogP contribution in [0.1, 0.15) is 32.6 Å². The maximum atomic E-state index is 4.82. The maximum Gasteiger partial charge on any atom is 0.0858 e. The van der Waals surface area contributed by atoms with Gasteiger partial charge in [-0.1, -0.05) is 26.2 Å². The third kappa shape index (κ3) is 2.33. The number of hydroxylamine groups is 1. The molecule has 0 aromatic rings. The van der Waals surface area contributed by atoms with Gasteiger partial charge in [-0.05, 0) is 6.42 Å². The lowest BCUT2D eigenvalue weighted by Crippen LogP contribution is -2.45. The summed E-state index contributed by atoms with van der Waals surface area (Å²) in [6.07, 6.45) is 5.30. The van der Waals surface area contributed by atoms with Crippen LogP contribution in [0.15, 0.2) is 0 Å². The fourth-order valence-electron chi connectivity index (χ4n) is 0.984. The van der Waals surface area contributed by atoms with Gasteiger partial charge in [-0.25, -0.2) is 0 Å². The first kappa shape index (κ1) is 7.03. The van der Waals surface area contributed by atoms with Crippen LogP contribution in [0, 0.1) is 0 Å². The Kier molecular flexibility index (Phi) is 3.01. The van der Waals surface area contributed by atoms with Crippen molar-refractivity contribution in [1.82, 2.24) is 5.48 Å². The van der Waals surface area contributed by atoms with Crippen molar-refractivity contribution in [2.45, 2.75) is 38.6 Å². The highest BCUT2D eigenvalue weighted by Gasteiger charge is 2.15. The second-order valence-electron chi connectivity index (χ2n) is 2.62. The van der Waals surface area contributed by atoms with Gasteiger partial charge in [0, 0.05) is 0 Å². The zero-order valence-electron chi connectivity index (χ0n) is 6.02. The molecule has 2 nitrogen and oxygen atoms in total. The summed E-state index contributed by atoms with van der Waals surface area (Å²) in [6.45, 7) is 3.15. The molecule has 1 N–H and O–H groups in total. The van der Waals surface area contributed by atoms with E-state index in [9.17, 15) is 0 Å². The number of hydrogen-bond donors (Lipinski definition) is 1. The van der Waals surface area contributed by atoms with E-state index in [0.29, 0.717) is 6.04 Å². The molecule has 0 aromatic carbocycles. The molecular weight excluding hydrogens is 114 g/mol. The molecule has 54 valence electrons. The summed E-state index contributed by atoms with van der Waals surface area (Å²) < 4.78 is 0. The van der Waals surface area contributed by atoms with Crippen LogP contribution in [0.2, 0.25) is 0 Å². The molecule has 0 aliphatic carbocycles. The summed E-state index contributed by atoms with van der Waals surface area (Å²) in [7, 11) is 0. The topological polar surface area (TPSA) is 21.3 Å². The molecule has 0 radical (unpaired) electrons. The van der Waals surface area contributed by atoms with Crippen molar-refractivity contribution in [3.8, 4) is 0 Å². The van der Waals surface area contributed by atoms with Crippen LogP contribution < -0.4 is 5.48 Å². The number of hydrogen-bond acceptors (Lipinski definition) is 2. The van der Waals surface area contributed by atoms with Crippen molar-refractivity contribution in [2.75, 3.05) is 6.61 Å². The van der Waals surface area contributed by atoms with Crippen molar-refractivity contribution >= 4 is 0 Å². The molecule has 2 heteroatoms. The predicted molar refractivity (Wildman–Crippen MR) is 37.0 cm³/mol. The molecule has 0 aromatic heterocycles. The van der Waals surface area contributed by atoms with E-state index in [1.165, 1.54) is 25.7 Å². The van der Waals surface area contributed by atoms with E-state index in [1.807, 2.05) is 0 Å². The van der Waals surface area contributed by atoms with Crippen molar-refractivity contribution in [1.29, 1.82) is 0 Å². The van der Waals surface area contributed by atoms with Gasteiger partial charge in [0.1, 0.15) is 0 Å². The maximum absolute atomic E-state index is 4.82. The van der Waals surface area contributed by atoms with Crippen LogP contribution >= 0.6 is 0 Å². The van der Waals surface area contributed by atoms with Gasteiger partial charge >= 0.3 is 0 Å². The monoisotopic (exact) mass is 129 g/mol. The van der Waals surface area contributed by atoms with Crippen LogP contribution in [-0.2, 0) is 4.84 Å². The highest BCUT2D eigenvalue weighted by Crippen LogP contribution is 2.07. The average molecular weight is 129 g/mol. The molecule has 1 aliphatic heterocycles. The van der Waals surface area contributed by atoms with Gasteiger partial charge in [-0.2, -0.15) is 5.48 Å². The molecular formula is C7H15NO. The summed E-state index contributed by atoms with van der Waals surface area (Å²) in [5.74, 6) is 0. The molecule has 1 fully saturated rings. The minimum atomic E-state index is 0.663. The summed E-state index contributed by atoms with van der Waals surface area (Å²) in [5.41, 5.74) is 2.90. The largest absolute Gasteiger partial charge is 0.300 e. The lowest BCUT2D eigenvalue weighted by molar-refractivity contribution is -0.100. The van der Waals surface area contributed by atoms with E-state index in [1.54, 1.807) is 0 Å². The van der Waals surface area contributed by atoms with E-state index in [4.69, 9.17) is 4.84 Å². The molecule has 0 bridgehead atoms. The van der Waals surface area contributed by atoms with E-state index < -0.39 is 0 Å². The van der Waals surface area contributed by atoms with Gasteiger partial charge in [0.15, 0.2) is 0 Å². The third-order valence-electron chi connectivity index (χ3n) is 1.69. The van der Waals surface area contributed by atoms with Crippen LogP contribution in [0.5, 0.6) is 0 Å². The van der Waals surface area contributed by atoms with Crippen LogP contribution in [0.3, 0.4) is 0 Å². The highest BCUT2D eigenvalue weighted by atomic mass is 16.7. The summed E-state index contributed by atoms with van der Waals surface area (Å²) >= 11 is 0. The van der Waals surface area contributed by atoms with Crippen molar-refractivity contribution in [3.63, 3.8) is 0 Å². The summed E-state index contributed by atoms with van der Waals surface area (Å²) in [5, 5.41) is 0. The Labute approximate surface area is 56.5 Å². The Morgan fingerprint density at radius 1 is 1.56 bits per heavy atom. The molecule has 1 atom stereocenters. The van der Waals surface area contributed by atoms with Crippen molar-refractivity contribution < 1.29 is 4.84 Å². The number of nitrogens with one attached hydrogen (secondary N) is 1. The molecule has 0 amide bonds. The lowest BCUT2D eigenvalue weighted by Gasteiger charge is -2.26. The van der Waals surface area contributed by atoms with E-state index in [0.717, 1.165) is 6.61 Å². The second-order valence-corrected chi connectivity index (χ2v) is 2.62. The Hall–Kier alpha value is -0.0800. The minimum Gasteiger partial charge on any atom is -0.300 e. The van der Waals surface area contributed by atoms with Crippen molar-refractivity contribution in [2.24, 2.45) is 0 Å². The standard InChI is InChI=1S/C7H15NO/c1-2-3-4-5-7-6-9-8-7/h7-8H,2-6H2,1H3. The van der Waals surface area contributed by atoms with E-state index in [2.05, 4.69) is 12.4 Å². The average Bonchev–Trinajstić information content (AvgIpc) is 1.76. The molecule has 1 heterocycles. The smallest absolute Gasteiger partial charge is 0.0858 e. The van der Waals surface area contributed by atoms with Crippen LogP contribution in [0.4, 0.5) is 0 Å². The molecule has 9 heavy (non-hydrogen) atoms. The molecule has 1 saturated heterocycles. The fourth-order valence-corrected chi connectivity index (χ4v) is 0.984. The normalized spacial score (nSPS) is 25.7. The summed E-state index contributed by atoms with van der Waals surface area (Å²) in [4.78, 5) is 4.82. The van der Waals surface area contributed by atoms with Crippen LogP contribution in [0.25, 0.3) is 0 Å². The van der Waals surface area contributed by atoms with Gasteiger partial charge in [0.05, 0.1) is 12.6 Å². The number of unbranched alkanes of at least 4 members (excludes halogenated alkanes) is 2. The predicted octanol–water partition coefficient (Wildman–Crippen LogP) is 1.47. The lowest BCUT2D eigenvalue weighted by atomic mass is 10.1. The second kappa shape index (κ2) is 3.85. The summed E-state index contributed by atoms with van der Waals surface area (Å²) in [6, 6.07) is 0.663. The first-order valence-corrected chi connectivity index (χ1v) is 3.81. The van der Waals surface area contributed by atoms with Gasteiger partial charge in [-0.15, -0.1) is 0 Å². The highest BCUT2D eigenvalue weighted by molar-refractivity contribution is 4.66. The zero-order valence-corrected chi connectivity index (χ0v) is 6.02. The Morgan fingerprint density at radius 3 is 2.78 bits per heavy atom. The first-order chi connectivity index (χ1) is 4.43.